The van der Waals surface area contributed by atoms with E-state index in [1.165, 1.54) is 0 Å². The quantitative estimate of drug-likeness (QED) is 0.644. The van der Waals surface area contributed by atoms with Crippen LogP contribution in [-0.2, 0) is 6.42 Å². The van der Waals surface area contributed by atoms with E-state index >= 15 is 0 Å². The predicted octanol–water partition coefficient (Wildman–Crippen LogP) is 4.05. The number of carbonyl (C=O) groups excluding carboxylic acids is 1. The summed E-state index contributed by atoms with van der Waals surface area (Å²) < 4.78 is 5.34. The maximum absolute atomic E-state index is 12.4. The third-order valence-electron chi connectivity index (χ3n) is 3.88. The minimum absolute atomic E-state index is 0.254. The topological polar surface area (TPSA) is 76.1 Å². The molecule has 1 heterocycles. The van der Waals surface area contributed by atoms with Crippen molar-refractivity contribution < 1.29 is 9.53 Å². The van der Waals surface area contributed by atoms with Crippen molar-refractivity contribution in [3.8, 4) is 5.75 Å². The number of nitrogens with one attached hydrogen (secondary N) is 2. The standard InChI is InChI=1S/C20H19ClN4O2/c1-27-18-9-5-2-6-14(18)10-12-22-20-23-13-11-17(25-20)19(26)24-16-8-4-3-7-15(16)21/h2-9,11,13H,10,12H2,1H3,(H,24,26)(H,22,23,25). The molecule has 1 amide bonds. The van der Waals surface area contributed by atoms with Gasteiger partial charge in [0.25, 0.3) is 5.91 Å². The summed E-state index contributed by atoms with van der Waals surface area (Å²) in [6, 6.07) is 16.4. The molecule has 0 spiro atoms. The highest BCUT2D eigenvalue weighted by molar-refractivity contribution is 6.33. The van der Waals surface area contributed by atoms with E-state index in [0.29, 0.717) is 23.2 Å². The smallest absolute Gasteiger partial charge is 0.274 e. The summed E-state index contributed by atoms with van der Waals surface area (Å²) >= 11 is 6.07. The first-order valence-corrected chi connectivity index (χ1v) is 8.80. The molecule has 0 aliphatic carbocycles. The highest BCUT2D eigenvalue weighted by Gasteiger charge is 2.11. The second-order valence-corrected chi connectivity index (χ2v) is 6.10. The number of amides is 1. The summed E-state index contributed by atoms with van der Waals surface area (Å²) in [4.78, 5) is 20.8. The molecule has 0 radical (unpaired) electrons. The molecule has 0 saturated heterocycles. The lowest BCUT2D eigenvalue weighted by Crippen LogP contribution is -2.16. The Kier molecular flexibility index (Phi) is 6.22. The van der Waals surface area contributed by atoms with Crippen molar-refractivity contribution in [2.75, 3.05) is 24.3 Å². The van der Waals surface area contributed by atoms with Gasteiger partial charge in [-0.05, 0) is 36.2 Å². The molecule has 0 unspecified atom stereocenters. The monoisotopic (exact) mass is 382 g/mol. The maximum Gasteiger partial charge on any atom is 0.274 e. The predicted molar refractivity (Wildman–Crippen MR) is 107 cm³/mol. The third-order valence-corrected chi connectivity index (χ3v) is 4.21. The van der Waals surface area contributed by atoms with E-state index in [-0.39, 0.29) is 11.6 Å². The average molecular weight is 383 g/mol. The number of nitrogens with zero attached hydrogens (tertiary/aromatic N) is 2. The van der Waals surface area contributed by atoms with Crippen LogP contribution in [0.1, 0.15) is 16.1 Å². The first-order chi connectivity index (χ1) is 13.2. The molecule has 2 aromatic carbocycles. The first-order valence-electron chi connectivity index (χ1n) is 8.42. The van der Waals surface area contributed by atoms with Crippen molar-refractivity contribution in [2.45, 2.75) is 6.42 Å². The normalized spacial score (nSPS) is 10.3. The molecule has 0 atom stereocenters. The number of halogens is 1. The van der Waals surface area contributed by atoms with E-state index in [2.05, 4.69) is 20.6 Å². The Morgan fingerprint density at radius 1 is 1.11 bits per heavy atom. The molecule has 138 valence electrons. The van der Waals surface area contributed by atoms with E-state index < -0.39 is 0 Å². The Morgan fingerprint density at radius 3 is 2.70 bits per heavy atom. The lowest BCUT2D eigenvalue weighted by atomic mass is 10.1. The second kappa shape index (κ2) is 9.00. The summed E-state index contributed by atoms with van der Waals surface area (Å²) in [6.07, 6.45) is 2.28. The largest absolute Gasteiger partial charge is 0.496 e. The van der Waals surface area contributed by atoms with E-state index in [1.807, 2.05) is 24.3 Å². The molecule has 3 rings (SSSR count). The van der Waals surface area contributed by atoms with Gasteiger partial charge in [-0.2, -0.15) is 0 Å². The minimum atomic E-state index is -0.349. The number of hydrogen-bond donors (Lipinski definition) is 2. The molecule has 1 aromatic heterocycles. The summed E-state index contributed by atoms with van der Waals surface area (Å²) in [6.45, 7) is 0.607. The van der Waals surface area contributed by atoms with Crippen LogP contribution in [0.5, 0.6) is 5.75 Å². The van der Waals surface area contributed by atoms with Gasteiger partial charge in [0.2, 0.25) is 5.95 Å². The SMILES string of the molecule is COc1ccccc1CCNc1nccc(C(=O)Nc2ccccc2Cl)n1. The molecule has 6 nitrogen and oxygen atoms in total. The van der Waals surface area contributed by atoms with Gasteiger partial charge in [-0.3, -0.25) is 4.79 Å². The number of benzene rings is 2. The summed E-state index contributed by atoms with van der Waals surface area (Å²) in [5, 5.41) is 6.34. The molecule has 7 heteroatoms. The van der Waals surface area contributed by atoms with E-state index in [0.717, 1.165) is 17.7 Å². The number of hydrogen-bond acceptors (Lipinski definition) is 5. The molecular weight excluding hydrogens is 364 g/mol. The van der Waals surface area contributed by atoms with Gasteiger partial charge in [0, 0.05) is 12.7 Å². The van der Waals surface area contributed by atoms with Crippen LogP contribution in [0.4, 0.5) is 11.6 Å². The van der Waals surface area contributed by atoms with Crippen molar-refractivity contribution in [1.29, 1.82) is 0 Å². The molecular formula is C20H19ClN4O2. The van der Waals surface area contributed by atoms with Crippen LogP contribution >= 0.6 is 11.6 Å². The molecule has 3 aromatic rings. The minimum Gasteiger partial charge on any atom is -0.496 e. The van der Waals surface area contributed by atoms with Gasteiger partial charge in [-0.25, -0.2) is 9.97 Å². The van der Waals surface area contributed by atoms with E-state index in [4.69, 9.17) is 16.3 Å². The highest BCUT2D eigenvalue weighted by Crippen LogP contribution is 2.21. The number of anilines is 2. The Bertz CT molecular complexity index is 933. The molecule has 0 bridgehead atoms. The van der Waals surface area contributed by atoms with Gasteiger partial charge in [-0.1, -0.05) is 41.9 Å². The van der Waals surface area contributed by atoms with Gasteiger partial charge in [0.1, 0.15) is 11.4 Å². The molecule has 0 aliphatic heterocycles. The highest BCUT2D eigenvalue weighted by atomic mass is 35.5. The van der Waals surface area contributed by atoms with Crippen molar-refractivity contribution in [3.05, 3.63) is 77.1 Å². The van der Waals surface area contributed by atoms with Crippen LogP contribution in [0.15, 0.2) is 60.8 Å². The van der Waals surface area contributed by atoms with Gasteiger partial charge >= 0.3 is 0 Å². The number of ether oxygens (including phenoxy) is 1. The fourth-order valence-corrected chi connectivity index (χ4v) is 2.72. The zero-order chi connectivity index (χ0) is 19.1. The van der Waals surface area contributed by atoms with Crippen LogP contribution in [0.25, 0.3) is 0 Å². The van der Waals surface area contributed by atoms with E-state index in [1.54, 1.807) is 43.6 Å². The van der Waals surface area contributed by atoms with E-state index in [9.17, 15) is 4.79 Å². The Morgan fingerprint density at radius 2 is 1.89 bits per heavy atom. The van der Waals surface area contributed by atoms with Crippen LogP contribution in [-0.4, -0.2) is 29.5 Å². The number of rotatable bonds is 7. The number of aromatic nitrogens is 2. The van der Waals surface area contributed by atoms with Crippen molar-refractivity contribution in [3.63, 3.8) is 0 Å². The second-order valence-electron chi connectivity index (χ2n) is 5.69. The van der Waals surface area contributed by atoms with Crippen LogP contribution in [0.2, 0.25) is 5.02 Å². The molecule has 0 aliphatic rings. The first kappa shape index (κ1) is 18.7. The van der Waals surface area contributed by atoms with Crippen LogP contribution in [0.3, 0.4) is 0 Å². The summed E-state index contributed by atoms with van der Waals surface area (Å²) in [5.41, 5.74) is 1.87. The lowest BCUT2D eigenvalue weighted by molar-refractivity contribution is 0.102. The van der Waals surface area contributed by atoms with Crippen molar-refractivity contribution in [1.82, 2.24) is 9.97 Å². The molecule has 2 N–H and O–H groups in total. The zero-order valence-corrected chi connectivity index (χ0v) is 15.5. The Labute approximate surface area is 162 Å². The number of carbonyl (C=O) groups is 1. The summed E-state index contributed by atoms with van der Waals surface area (Å²) in [5.74, 6) is 0.878. The maximum atomic E-state index is 12.4. The Hall–Kier alpha value is -3.12. The molecule has 0 saturated carbocycles. The van der Waals surface area contributed by atoms with Crippen LogP contribution < -0.4 is 15.4 Å². The Balaban J connectivity index is 1.62. The fraction of sp³-hybridized carbons (Fsp3) is 0.150. The molecule has 27 heavy (non-hydrogen) atoms. The lowest BCUT2D eigenvalue weighted by Gasteiger charge is -2.10. The summed E-state index contributed by atoms with van der Waals surface area (Å²) in [7, 11) is 1.65. The van der Waals surface area contributed by atoms with Gasteiger partial charge in [-0.15, -0.1) is 0 Å². The fourth-order valence-electron chi connectivity index (χ4n) is 2.54. The van der Waals surface area contributed by atoms with Crippen molar-refractivity contribution in [2.24, 2.45) is 0 Å². The zero-order valence-electron chi connectivity index (χ0n) is 14.8. The van der Waals surface area contributed by atoms with Crippen molar-refractivity contribution >= 4 is 29.1 Å². The van der Waals surface area contributed by atoms with Gasteiger partial charge in [0.05, 0.1) is 17.8 Å². The van der Waals surface area contributed by atoms with Gasteiger partial charge in [0.15, 0.2) is 0 Å². The molecule has 0 fully saturated rings. The number of methoxy groups -OCH3 is 1. The average Bonchev–Trinajstić information content (AvgIpc) is 2.70. The number of para-hydroxylation sites is 2. The third kappa shape index (κ3) is 4.95. The van der Waals surface area contributed by atoms with Crippen LogP contribution in [0, 0.1) is 0 Å². The van der Waals surface area contributed by atoms with Gasteiger partial charge < -0.3 is 15.4 Å².